The Morgan fingerprint density at radius 3 is 2.76 bits per heavy atom. The highest BCUT2D eigenvalue weighted by atomic mass is 35.5. The number of hydrogen-bond acceptors (Lipinski definition) is 4. The molecular formula is C22H32ClN3O2S. The van der Waals surface area contributed by atoms with Gasteiger partial charge in [0.1, 0.15) is 6.04 Å². The van der Waals surface area contributed by atoms with E-state index in [1.54, 1.807) is 40.9 Å². The summed E-state index contributed by atoms with van der Waals surface area (Å²) < 4.78 is 0. The van der Waals surface area contributed by atoms with E-state index in [0.29, 0.717) is 22.9 Å². The van der Waals surface area contributed by atoms with Crippen LogP contribution in [0.1, 0.15) is 55.8 Å². The summed E-state index contributed by atoms with van der Waals surface area (Å²) in [6.07, 6.45) is 6.76. The molecule has 7 heteroatoms. The summed E-state index contributed by atoms with van der Waals surface area (Å²) in [4.78, 5) is 30.4. The second kappa shape index (κ2) is 11.2. The highest BCUT2D eigenvalue weighted by Crippen LogP contribution is 2.34. The van der Waals surface area contributed by atoms with E-state index in [1.807, 2.05) is 0 Å². The van der Waals surface area contributed by atoms with E-state index >= 15 is 0 Å². The van der Waals surface area contributed by atoms with Crippen LogP contribution in [-0.2, 0) is 4.79 Å². The van der Waals surface area contributed by atoms with E-state index in [0.717, 1.165) is 45.3 Å². The third-order valence-electron chi connectivity index (χ3n) is 5.68. The molecule has 2 heterocycles. The van der Waals surface area contributed by atoms with E-state index in [-0.39, 0.29) is 17.2 Å². The van der Waals surface area contributed by atoms with Crippen molar-refractivity contribution < 1.29 is 9.59 Å². The van der Waals surface area contributed by atoms with Gasteiger partial charge >= 0.3 is 0 Å². The molecule has 2 amide bonds. The van der Waals surface area contributed by atoms with Crippen molar-refractivity contribution in [2.24, 2.45) is 0 Å². The summed E-state index contributed by atoms with van der Waals surface area (Å²) in [5, 5.41) is 3.66. The van der Waals surface area contributed by atoms with Crippen molar-refractivity contribution in [3.63, 3.8) is 0 Å². The Balaban J connectivity index is 1.66. The Morgan fingerprint density at radius 1 is 1.24 bits per heavy atom. The molecule has 0 aliphatic carbocycles. The SMILES string of the molecule is CCCCCC1SCC(C(=O)NCCN2CCCC2)N1C(=O)c1cccc(Cl)c1. The molecule has 2 fully saturated rings. The molecule has 2 unspecified atom stereocenters. The van der Waals surface area contributed by atoms with E-state index in [4.69, 9.17) is 11.6 Å². The third-order valence-corrected chi connectivity index (χ3v) is 7.27. The van der Waals surface area contributed by atoms with Crippen molar-refractivity contribution in [1.29, 1.82) is 0 Å². The monoisotopic (exact) mass is 437 g/mol. The summed E-state index contributed by atoms with van der Waals surface area (Å²) in [5.74, 6) is 0.516. The fraction of sp³-hybridized carbons (Fsp3) is 0.636. The van der Waals surface area contributed by atoms with E-state index in [2.05, 4.69) is 17.1 Å². The van der Waals surface area contributed by atoms with Gasteiger partial charge < -0.3 is 15.1 Å². The number of halogens is 1. The Bertz CT molecular complexity index is 696. The normalized spacial score (nSPS) is 22.2. The van der Waals surface area contributed by atoms with Crippen LogP contribution in [0.3, 0.4) is 0 Å². The van der Waals surface area contributed by atoms with Crippen LogP contribution in [-0.4, -0.2) is 65.0 Å². The molecule has 0 radical (unpaired) electrons. The zero-order chi connectivity index (χ0) is 20.6. The quantitative estimate of drug-likeness (QED) is 0.593. The van der Waals surface area contributed by atoms with Crippen molar-refractivity contribution in [3.8, 4) is 0 Å². The number of amides is 2. The zero-order valence-electron chi connectivity index (χ0n) is 17.2. The van der Waals surface area contributed by atoms with Gasteiger partial charge in [0.2, 0.25) is 5.91 Å². The van der Waals surface area contributed by atoms with Crippen LogP contribution in [0.5, 0.6) is 0 Å². The van der Waals surface area contributed by atoms with Crippen LogP contribution >= 0.6 is 23.4 Å². The fourth-order valence-corrected chi connectivity index (χ4v) is 5.70. The maximum atomic E-state index is 13.3. The first-order valence-corrected chi connectivity index (χ1v) is 12.2. The number of hydrogen-bond donors (Lipinski definition) is 1. The number of nitrogens with zero attached hydrogens (tertiary/aromatic N) is 2. The minimum atomic E-state index is -0.420. The van der Waals surface area contributed by atoms with Crippen LogP contribution in [0, 0.1) is 0 Å². The van der Waals surface area contributed by atoms with Gasteiger partial charge in [-0.3, -0.25) is 9.59 Å². The molecule has 1 aromatic rings. The molecule has 0 spiro atoms. The summed E-state index contributed by atoms with van der Waals surface area (Å²) in [7, 11) is 0. The number of thioether (sulfide) groups is 1. The lowest BCUT2D eigenvalue weighted by atomic mass is 10.1. The Morgan fingerprint density at radius 2 is 2.03 bits per heavy atom. The van der Waals surface area contributed by atoms with Crippen LogP contribution in [0.2, 0.25) is 5.02 Å². The van der Waals surface area contributed by atoms with Gasteiger partial charge in [0.15, 0.2) is 0 Å². The van der Waals surface area contributed by atoms with Gasteiger partial charge in [-0.2, -0.15) is 0 Å². The first kappa shape index (κ1) is 22.4. The largest absolute Gasteiger partial charge is 0.353 e. The van der Waals surface area contributed by atoms with E-state index in [9.17, 15) is 9.59 Å². The molecule has 29 heavy (non-hydrogen) atoms. The van der Waals surface area contributed by atoms with Crippen LogP contribution in [0.4, 0.5) is 0 Å². The molecule has 0 aromatic heterocycles. The summed E-state index contributed by atoms with van der Waals surface area (Å²) in [6, 6.07) is 6.60. The number of nitrogens with one attached hydrogen (secondary N) is 1. The second-order valence-electron chi connectivity index (χ2n) is 7.86. The van der Waals surface area contributed by atoms with Crippen LogP contribution in [0.25, 0.3) is 0 Å². The van der Waals surface area contributed by atoms with Gasteiger partial charge in [0.25, 0.3) is 5.91 Å². The molecule has 160 valence electrons. The van der Waals surface area contributed by atoms with Crippen LogP contribution < -0.4 is 5.32 Å². The number of rotatable bonds is 9. The fourth-order valence-electron chi connectivity index (χ4n) is 4.06. The van der Waals surface area contributed by atoms with Crippen molar-refractivity contribution in [3.05, 3.63) is 34.9 Å². The molecule has 1 N–H and O–H groups in total. The zero-order valence-corrected chi connectivity index (χ0v) is 18.8. The van der Waals surface area contributed by atoms with Gasteiger partial charge in [0, 0.05) is 29.4 Å². The first-order valence-electron chi connectivity index (χ1n) is 10.8. The van der Waals surface area contributed by atoms with Crippen LogP contribution in [0.15, 0.2) is 24.3 Å². The molecular weight excluding hydrogens is 406 g/mol. The van der Waals surface area contributed by atoms with E-state index in [1.165, 1.54) is 12.8 Å². The van der Waals surface area contributed by atoms with Crippen molar-refractivity contribution in [2.45, 2.75) is 56.9 Å². The third kappa shape index (κ3) is 6.12. The molecule has 2 atom stereocenters. The summed E-state index contributed by atoms with van der Waals surface area (Å²) in [6.45, 7) is 5.93. The number of unbranched alkanes of at least 4 members (excludes halogenated alkanes) is 2. The second-order valence-corrected chi connectivity index (χ2v) is 9.51. The number of carbonyl (C=O) groups is 2. The van der Waals surface area contributed by atoms with Gasteiger partial charge in [-0.15, -0.1) is 11.8 Å². The molecule has 3 rings (SSSR count). The van der Waals surface area contributed by atoms with Gasteiger partial charge in [0.05, 0.1) is 5.37 Å². The number of likely N-dealkylation sites (tertiary alicyclic amines) is 1. The van der Waals surface area contributed by atoms with Gasteiger partial charge in [-0.05, 0) is 50.6 Å². The van der Waals surface area contributed by atoms with Crippen molar-refractivity contribution in [2.75, 3.05) is 31.9 Å². The maximum absolute atomic E-state index is 13.3. The number of benzene rings is 1. The first-order chi connectivity index (χ1) is 14.1. The van der Waals surface area contributed by atoms with E-state index < -0.39 is 6.04 Å². The topological polar surface area (TPSA) is 52.7 Å². The maximum Gasteiger partial charge on any atom is 0.255 e. The minimum absolute atomic E-state index is 0.0370. The summed E-state index contributed by atoms with van der Waals surface area (Å²) in [5.41, 5.74) is 0.551. The van der Waals surface area contributed by atoms with Gasteiger partial charge in [-0.1, -0.05) is 43.9 Å². The Labute approximate surface area is 183 Å². The highest BCUT2D eigenvalue weighted by Gasteiger charge is 2.41. The molecule has 2 aliphatic rings. The predicted octanol–water partition coefficient (Wildman–Crippen LogP) is 4.02. The smallest absolute Gasteiger partial charge is 0.255 e. The lowest BCUT2D eigenvalue weighted by Gasteiger charge is -2.29. The molecule has 2 saturated heterocycles. The molecule has 5 nitrogen and oxygen atoms in total. The molecule has 0 bridgehead atoms. The van der Waals surface area contributed by atoms with Crippen molar-refractivity contribution >= 4 is 35.2 Å². The Kier molecular flexibility index (Phi) is 8.69. The predicted molar refractivity (Wildman–Crippen MR) is 120 cm³/mol. The highest BCUT2D eigenvalue weighted by molar-refractivity contribution is 8.00. The standard InChI is InChI=1S/C22H32ClN3O2S/c1-2-3-4-10-20-26(22(28)17-8-7-9-18(23)15-17)19(16-29-20)21(27)24-11-14-25-12-5-6-13-25/h7-9,15,19-20H,2-6,10-14,16H2,1H3,(H,24,27). The minimum Gasteiger partial charge on any atom is -0.353 e. The molecule has 1 aromatic carbocycles. The number of carbonyl (C=O) groups excluding carboxylic acids is 2. The average Bonchev–Trinajstić information content (AvgIpc) is 3.37. The Hall–Kier alpha value is -1.24. The average molecular weight is 438 g/mol. The summed E-state index contributed by atoms with van der Waals surface area (Å²) >= 11 is 7.83. The lowest BCUT2D eigenvalue weighted by molar-refractivity contribution is -0.124. The van der Waals surface area contributed by atoms with Gasteiger partial charge in [-0.25, -0.2) is 0 Å². The van der Waals surface area contributed by atoms with Crippen molar-refractivity contribution in [1.82, 2.24) is 15.1 Å². The lowest BCUT2D eigenvalue weighted by Crippen LogP contribution is -2.50. The molecule has 2 aliphatic heterocycles. The molecule has 0 saturated carbocycles.